The average Bonchev–Trinajstić information content (AvgIpc) is 3.39. The second-order valence-corrected chi connectivity index (χ2v) is 8.16. The van der Waals surface area contributed by atoms with Crippen LogP contribution < -0.4 is 15.4 Å². The molecule has 2 N–H and O–H groups in total. The van der Waals surface area contributed by atoms with E-state index in [-0.39, 0.29) is 30.2 Å². The maximum absolute atomic E-state index is 12.7. The summed E-state index contributed by atoms with van der Waals surface area (Å²) in [6.07, 6.45) is 5.13. The molecule has 0 radical (unpaired) electrons. The van der Waals surface area contributed by atoms with Gasteiger partial charge in [0, 0.05) is 42.2 Å². The minimum atomic E-state index is -2.91. The van der Waals surface area contributed by atoms with Crippen LogP contribution in [-0.4, -0.2) is 49.1 Å². The smallest absolute Gasteiger partial charge is 0.387 e. The number of amides is 1. The molecule has 3 rings (SSSR count). The molecule has 9 heteroatoms. The second-order valence-electron chi connectivity index (χ2n) is 7.72. The average molecular weight is 443 g/mol. The van der Waals surface area contributed by atoms with Crippen molar-refractivity contribution in [2.24, 2.45) is 10.9 Å². The number of hydrogen-bond acceptors (Lipinski definition) is 3. The molecule has 1 amide bonds. The minimum Gasteiger partial charge on any atom is -0.434 e. The quantitative estimate of drug-likeness (QED) is 0.498. The van der Waals surface area contributed by atoms with Crippen molar-refractivity contribution in [1.29, 1.82) is 0 Å². The molecule has 1 atom stereocenters. The number of guanidine groups is 1. The van der Waals surface area contributed by atoms with Crippen molar-refractivity contribution in [3.63, 3.8) is 0 Å². The number of aliphatic imine (C=N–C) groups is 1. The molecule has 6 nitrogen and oxygen atoms in total. The Balaban J connectivity index is 1.61. The largest absolute Gasteiger partial charge is 0.434 e. The number of halogens is 3. The predicted molar refractivity (Wildman–Crippen MR) is 113 cm³/mol. The number of likely N-dealkylation sites (tertiary alicyclic amines) is 1. The van der Waals surface area contributed by atoms with Crippen molar-refractivity contribution in [3.8, 4) is 5.75 Å². The molecule has 0 aromatic heterocycles. The molecule has 1 saturated heterocycles. The fraction of sp³-hybridized carbons (Fsp3) is 0.619. The van der Waals surface area contributed by atoms with Crippen molar-refractivity contribution >= 4 is 23.5 Å². The molecule has 1 unspecified atom stereocenters. The predicted octanol–water partition coefficient (Wildman–Crippen LogP) is 3.79. The maximum Gasteiger partial charge on any atom is 0.387 e. The second kappa shape index (κ2) is 10.8. The van der Waals surface area contributed by atoms with E-state index >= 15 is 0 Å². The lowest BCUT2D eigenvalue weighted by molar-refractivity contribution is -0.134. The Morgan fingerprint density at radius 1 is 1.33 bits per heavy atom. The third-order valence-electron chi connectivity index (χ3n) is 5.54. The number of carbonyl (C=O) groups is 1. The molecule has 1 aromatic rings. The molecular weight excluding hydrogens is 414 g/mol. The van der Waals surface area contributed by atoms with Gasteiger partial charge in [-0.05, 0) is 44.4 Å². The van der Waals surface area contributed by atoms with Gasteiger partial charge >= 0.3 is 6.61 Å². The first kappa shape index (κ1) is 22.6. The van der Waals surface area contributed by atoms with Crippen LogP contribution in [0.2, 0.25) is 5.02 Å². The van der Waals surface area contributed by atoms with Crippen LogP contribution in [-0.2, 0) is 11.3 Å². The van der Waals surface area contributed by atoms with Crippen LogP contribution in [0.5, 0.6) is 5.75 Å². The topological polar surface area (TPSA) is 66.0 Å². The Morgan fingerprint density at radius 2 is 2.10 bits per heavy atom. The third-order valence-corrected chi connectivity index (χ3v) is 5.77. The molecule has 0 spiro atoms. The van der Waals surface area contributed by atoms with Crippen molar-refractivity contribution in [2.45, 2.75) is 58.2 Å². The third kappa shape index (κ3) is 6.20. The molecule has 0 bridgehead atoms. The normalized spacial score (nSPS) is 20.1. The number of hydrogen-bond donors (Lipinski definition) is 2. The zero-order valence-corrected chi connectivity index (χ0v) is 17.9. The highest BCUT2D eigenvalue weighted by Crippen LogP contribution is 2.28. The lowest BCUT2D eigenvalue weighted by Crippen LogP contribution is -2.45. The number of rotatable bonds is 7. The van der Waals surface area contributed by atoms with Gasteiger partial charge in [-0.3, -0.25) is 4.79 Å². The number of alkyl halides is 2. The molecule has 2 fully saturated rings. The van der Waals surface area contributed by atoms with Crippen molar-refractivity contribution < 1.29 is 18.3 Å². The van der Waals surface area contributed by atoms with Gasteiger partial charge in [-0.15, -0.1) is 0 Å². The summed E-state index contributed by atoms with van der Waals surface area (Å²) in [4.78, 5) is 19.1. The monoisotopic (exact) mass is 442 g/mol. The fourth-order valence-electron chi connectivity index (χ4n) is 4.07. The molecule has 1 aliphatic carbocycles. The van der Waals surface area contributed by atoms with E-state index < -0.39 is 6.61 Å². The summed E-state index contributed by atoms with van der Waals surface area (Å²) >= 11 is 6.01. The Kier molecular flexibility index (Phi) is 8.13. The molecular formula is C21H29ClF2N4O2. The van der Waals surface area contributed by atoms with E-state index in [1.807, 2.05) is 11.8 Å². The number of nitrogens with one attached hydrogen (secondary N) is 2. The van der Waals surface area contributed by atoms with E-state index in [1.165, 1.54) is 12.1 Å². The number of ether oxygens (including phenoxy) is 1. The van der Waals surface area contributed by atoms with Crippen LogP contribution in [0.1, 0.15) is 44.6 Å². The minimum absolute atomic E-state index is 0.0585. The van der Waals surface area contributed by atoms with E-state index in [4.69, 9.17) is 11.6 Å². The molecule has 166 valence electrons. The van der Waals surface area contributed by atoms with Gasteiger partial charge in [0.05, 0.1) is 6.54 Å². The van der Waals surface area contributed by atoms with Gasteiger partial charge in [0.2, 0.25) is 5.91 Å². The van der Waals surface area contributed by atoms with Crippen LogP contribution in [0.15, 0.2) is 23.2 Å². The van der Waals surface area contributed by atoms with E-state index in [0.29, 0.717) is 29.6 Å². The standard InChI is InChI=1S/C21H29ClF2N4O2/c1-2-25-21(26-12-15-11-16(22)7-8-18(15)30-20(23)24)27-17-9-10-28(13-17)19(29)14-5-3-4-6-14/h7-8,11,14,17,20H,2-6,9-10,12-13H2,1H3,(H2,25,26,27). The lowest BCUT2D eigenvalue weighted by Gasteiger charge is -2.21. The van der Waals surface area contributed by atoms with Gasteiger partial charge in [0.25, 0.3) is 0 Å². The van der Waals surface area contributed by atoms with Crippen LogP contribution in [0.25, 0.3) is 0 Å². The summed E-state index contributed by atoms with van der Waals surface area (Å²) in [6, 6.07) is 4.60. The van der Waals surface area contributed by atoms with E-state index in [2.05, 4.69) is 20.4 Å². The summed E-state index contributed by atoms with van der Waals surface area (Å²) in [7, 11) is 0. The zero-order chi connectivity index (χ0) is 21.5. The van der Waals surface area contributed by atoms with Crippen molar-refractivity contribution in [2.75, 3.05) is 19.6 Å². The maximum atomic E-state index is 12.7. The first-order valence-electron chi connectivity index (χ1n) is 10.5. The summed E-state index contributed by atoms with van der Waals surface area (Å²) in [5.74, 6) is 1.08. The Morgan fingerprint density at radius 3 is 2.80 bits per heavy atom. The Labute approximate surface area is 181 Å². The zero-order valence-electron chi connectivity index (χ0n) is 17.2. The van der Waals surface area contributed by atoms with Gasteiger partial charge in [0.15, 0.2) is 5.96 Å². The first-order chi connectivity index (χ1) is 14.5. The van der Waals surface area contributed by atoms with E-state index in [1.54, 1.807) is 6.07 Å². The van der Waals surface area contributed by atoms with Crippen molar-refractivity contribution in [3.05, 3.63) is 28.8 Å². The molecule has 2 aliphatic rings. The van der Waals surface area contributed by atoms with Crippen LogP contribution in [0.3, 0.4) is 0 Å². The first-order valence-corrected chi connectivity index (χ1v) is 10.9. The van der Waals surface area contributed by atoms with Gasteiger partial charge < -0.3 is 20.3 Å². The number of benzene rings is 1. The summed E-state index contributed by atoms with van der Waals surface area (Å²) in [5.41, 5.74) is 0.476. The Hall–Kier alpha value is -2.09. The Bertz CT molecular complexity index is 757. The van der Waals surface area contributed by atoms with Crippen molar-refractivity contribution in [1.82, 2.24) is 15.5 Å². The highest BCUT2D eigenvalue weighted by Gasteiger charge is 2.32. The summed E-state index contributed by atoms with van der Waals surface area (Å²) in [5, 5.41) is 6.96. The number of nitrogens with zero attached hydrogens (tertiary/aromatic N) is 2. The van der Waals surface area contributed by atoms with Gasteiger partial charge in [-0.2, -0.15) is 8.78 Å². The molecule has 1 saturated carbocycles. The fourth-order valence-corrected chi connectivity index (χ4v) is 4.26. The van der Waals surface area contributed by atoms with E-state index in [9.17, 15) is 13.6 Å². The lowest BCUT2D eigenvalue weighted by atomic mass is 10.1. The van der Waals surface area contributed by atoms with Gasteiger partial charge in [-0.1, -0.05) is 24.4 Å². The van der Waals surface area contributed by atoms with Crippen LogP contribution in [0, 0.1) is 5.92 Å². The molecule has 30 heavy (non-hydrogen) atoms. The highest BCUT2D eigenvalue weighted by molar-refractivity contribution is 6.30. The van der Waals surface area contributed by atoms with Gasteiger partial charge in [-0.25, -0.2) is 4.99 Å². The molecule has 1 heterocycles. The number of carbonyl (C=O) groups excluding carboxylic acids is 1. The summed E-state index contributed by atoms with van der Waals surface area (Å²) < 4.78 is 29.9. The van der Waals surface area contributed by atoms with Crippen LogP contribution in [0.4, 0.5) is 8.78 Å². The molecule has 1 aliphatic heterocycles. The highest BCUT2D eigenvalue weighted by atomic mass is 35.5. The SMILES string of the molecule is CCNC(=NCc1cc(Cl)ccc1OC(F)F)NC1CCN(C(=O)C2CCCC2)C1. The summed E-state index contributed by atoms with van der Waals surface area (Å²) in [6.45, 7) is 1.22. The molecule has 1 aromatic carbocycles. The van der Waals surface area contributed by atoms with Crippen LogP contribution >= 0.6 is 11.6 Å². The van der Waals surface area contributed by atoms with Gasteiger partial charge in [0.1, 0.15) is 5.75 Å². The van der Waals surface area contributed by atoms with E-state index in [0.717, 1.165) is 38.6 Å².